The monoisotopic (exact) mass is 597 g/mol. The molecule has 12 heteroatoms. The van der Waals surface area contributed by atoms with Crippen LogP contribution in [0.4, 0.5) is 0 Å². The van der Waals surface area contributed by atoms with Crippen LogP contribution in [0.25, 0.3) is 22.0 Å². The van der Waals surface area contributed by atoms with Gasteiger partial charge >= 0.3 is 0 Å². The normalized spacial score (nSPS) is 14.6. The van der Waals surface area contributed by atoms with Crippen molar-refractivity contribution in [3.05, 3.63) is 88.3 Å². The van der Waals surface area contributed by atoms with Gasteiger partial charge in [-0.05, 0) is 55.7 Å². The second-order valence-electron chi connectivity index (χ2n) is 10.8. The zero-order chi connectivity index (χ0) is 29.8. The topological polar surface area (TPSA) is 129 Å². The van der Waals surface area contributed by atoms with Crippen LogP contribution in [0.5, 0.6) is 11.5 Å². The molecular weight excluding hydrogens is 566 g/mol. The summed E-state index contributed by atoms with van der Waals surface area (Å²) in [7, 11) is 0. The van der Waals surface area contributed by atoms with Gasteiger partial charge in [-0.25, -0.2) is 4.98 Å². The van der Waals surface area contributed by atoms with Gasteiger partial charge < -0.3 is 14.2 Å². The lowest BCUT2D eigenvalue weighted by molar-refractivity contribution is -0.128. The van der Waals surface area contributed by atoms with E-state index in [1.165, 1.54) is 42.3 Å². The minimum absolute atomic E-state index is 0.149. The molecule has 0 spiro atoms. The molecule has 7 rings (SSSR count). The third-order valence-corrected chi connectivity index (χ3v) is 8.44. The van der Waals surface area contributed by atoms with Gasteiger partial charge in [0.05, 0.1) is 12.9 Å². The number of carbonyl (C=O) groups excluding carboxylic acids is 1. The standard InChI is InChI=1S/C24H20N6O3S.C7H11NO/c1-15(2)23-28-29-24(34-23)16-5-7-19(8-6-16)32-20-11-17(22-26-13-27-33-22)3-4-18(20)12-30-14-25-10-9-21(30)31;9-7-2-1-5-8(7)6-3-4-6/h3-11,13-15H,12H2,1-2H3;6H,1-5H2. The van der Waals surface area contributed by atoms with E-state index >= 15 is 0 Å². The third-order valence-electron chi connectivity index (χ3n) is 7.17. The van der Waals surface area contributed by atoms with Gasteiger partial charge in [0.1, 0.15) is 21.5 Å². The van der Waals surface area contributed by atoms with Crippen molar-refractivity contribution in [2.75, 3.05) is 6.54 Å². The van der Waals surface area contributed by atoms with E-state index in [0.29, 0.717) is 47.4 Å². The van der Waals surface area contributed by atoms with Crippen LogP contribution in [0.3, 0.4) is 0 Å². The van der Waals surface area contributed by atoms with Gasteiger partial charge in [-0.2, -0.15) is 4.98 Å². The minimum Gasteiger partial charge on any atom is -0.457 e. The highest BCUT2D eigenvalue weighted by molar-refractivity contribution is 7.14. The molecule has 2 fully saturated rings. The molecule has 1 saturated carbocycles. The number of rotatable bonds is 8. The van der Waals surface area contributed by atoms with E-state index in [2.05, 4.69) is 39.2 Å². The van der Waals surface area contributed by atoms with Crippen molar-refractivity contribution in [3.63, 3.8) is 0 Å². The number of amides is 1. The minimum atomic E-state index is -0.149. The first kappa shape index (κ1) is 28.4. The Morgan fingerprint density at radius 1 is 1.05 bits per heavy atom. The molecule has 1 saturated heterocycles. The van der Waals surface area contributed by atoms with Crippen molar-refractivity contribution in [1.82, 2.24) is 34.8 Å². The highest BCUT2D eigenvalue weighted by Gasteiger charge is 2.34. The number of likely N-dealkylation sites (tertiary alicyclic amines) is 1. The molecule has 0 unspecified atom stereocenters. The van der Waals surface area contributed by atoms with Crippen LogP contribution >= 0.6 is 11.3 Å². The summed E-state index contributed by atoms with van der Waals surface area (Å²) in [6.45, 7) is 5.53. The van der Waals surface area contributed by atoms with Gasteiger partial charge in [0.25, 0.3) is 11.4 Å². The summed E-state index contributed by atoms with van der Waals surface area (Å²) in [5, 5.41) is 14.1. The summed E-state index contributed by atoms with van der Waals surface area (Å²) in [6.07, 6.45) is 8.72. The lowest BCUT2D eigenvalue weighted by Gasteiger charge is -2.13. The fourth-order valence-electron chi connectivity index (χ4n) is 4.71. The Bertz CT molecular complexity index is 1740. The first-order valence-electron chi connectivity index (χ1n) is 14.3. The molecule has 1 aliphatic heterocycles. The zero-order valence-corrected chi connectivity index (χ0v) is 24.7. The molecule has 0 radical (unpaired) electrons. The van der Waals surface area contributed by atoms with Crippen molar-refractivity contribution in [3.8, 4) is 33.5 Å². The van der Waals surface area contributed by atoms with E-state index in [0.717, 1.165) is 40.5 Å². The Balaban J connectivity index is 0.000000310. The van der Waals surface area contributed by atoms with Crippen molar-refractivity contribution in [2.45, 2.75) is 58.0 Å². The van der Waals surface area contributed by atoms with Crippen LogP contribution in [0.15, 0.2) is 76.7 Å². The molecule has 43 heavy (non-hydrogen) atoms. The number of aromatic nitrogens is 6. The number of benzene rings is 2. The second kappa shape index (κ2) is 12.7. The maximum Gasteiger partial charge on any atom is 0.257 e. The second-order valence-corrected chi connectivity index (χ2v) is 11.8. The molecule has 0 bridgehead atoms. The number of nitrogens with zero attached hydrogens (tertiary/aromatic N) is 7. The maximum atomic E-state index is 12.2. The lowest BCUT2D eigenvalue weighted by Crippen LogP contribution is -2.26. The molecular formula is C31H31N7O4S. The number of hydrogen-bond donors (Lipinski definition) is 0. The fourth-order valence-corrected chi connectivity index (χ4v) is 5.56. The Hall–Kier alpha value is -4.71. The average molecular weight is 598 g/mol. The van der Waals surface area contributed by atoms with Gasteiger partial charge in [0.2, 0.25) is 5.91 Å². The van der Waals surface area contributed by atoms with E-state index in [-0.39, 0.29) is 5.56 Å². The predicted molar refractivity (Wildman–Crippen MR) is 161 cm³/mol. The summed E-state index contributed by atoms with van der Waals surface area (Å²) in [5.74, 6) is 2.31. The van der Waals surface area contributed by atoms with Crippen LogP contribution in [0.1, 0.15) is 56.0 Å². The molecule has 220 valence electrons. The molecule has 0 atom stereocenters. The van der Waals surface area contributed by atoms with E-state index in [4.69, 9.17) is 9.26 Å². The van der Waals surface area contributed by atoms with Gasteiger partial charge in [-0.15, -0.1) is 10.2 Å². The molecule has 0 N–H and O–H groups in total. The van der Waals surface area contributed by atoms with Crippen molar-refractivity contribution >= 4 is 17.2 Å². The molecule has 4 heterocycles. The Morgan fingerprint density at radius 2 is 1.86 bits per heavy atom. The lowest BCUT2D eigenvalue weighted by atomic mass is 10.1. The van der Waals surface area contributed by atoms with E-state index < -0.39 is 0 Å². The Morgan fingerprint density at radius 3 is 2.51 bits per heavy atom. The first-order valence-corrected chi connectivity index (χ1v) is 15.1. The Labute approximate surface area is 252 Å². The van der Waals surface area contributed by atoms with E-state index in [1.54, 1.807) is 11.3 Å². The van der Waals surface area contributed by atoms with Gasteiger partial charge in [0.15, 0.2) is 6.33 Å². The number of hydrogen-bond acceptors (Lipinski definition) is 10. The quantitative estimate of drug-likeness (QED) is 0.226. The fraction of sp³-hybridized carbons (Fsp3) is 0.323. The van der Waals surface area contributed by atoms with Gasteiger partial charge in [0, 0.05) is 53.9 Å². The SMILES string of the molecule is CC(C)c1nnc(-c2ccc(Oc3cc(-c4ncno4)ccc3Cn3cnccc3=O)cc2)s1.O=C1CCCN1C1CC1. The van der Waals surface area contributed by atoms with Crippen molar-refractivity contribution in [1.29, 1.82) is 0 Å². The third kappa shape index (κ3) is 6.86. The summed E-state index contributed by atoms with van der Waals surface area (Å²) in [5.41, 5.74) is 2.33. The molecule has 2 aromatic carbocycles. The number of ether oxygens (including phenoxy) is 1. The molecule has 5 aromatic rings. The average Bonchev–Trinajstić information content (AvgIpc) is 3.38. The predicted octanol–water partition coefficient (Wildman–Crippen LogP) is 5.55. The summed E-state index contributed by atoms with van der Waals surface area (Å²) in [6, 6.07) is 15.3. The van der Waals surface area contributed by atoms with Crippen LogP contribution in [-0.4, -0.2) is 53.3 Å². The summed E-state index contributed by atoms with van der Waals surface area (Å²) in [4.78, 5) is 33.4. The van der Waals surface area contributed by atoms with Crippen LogP contribution in [0.2, 0.25) is 0 Å². The van der Waals surface area contributed by atoms with Crippen LogP contribution in [-0.2, 0) is 11.3 Å². The smallest absolute Gasteiger partial charge is 0.257 e. The van der Waals surface area contributed by atoms with Crippen molar-refractivity contribution in [2.24, 2.45) is 0 Å². The van der Waals surface area contributed by atoms with Crippen molar-refractivity contribution < 1.29 is 14.1 Å². The molecule has 2 aliphatic rings. The Kier molecular flexibility index (Phi) is 8.36. The molecule has 1 aliphatic carbocycles. The van der Waals surface area contributed by atoms with Gasteiger partial charge in [-0.3, -0.25) is 14.2 Å². The zero-order valence-electron chi connectivity index (χ0n) is 23.9. The molecule has 11 nitrogen and oxygen atoms in total. The van der Waals surface area contributed by atoms with Crippen LogP contribution in [0, 0.1) is 0 Å². The first-order chi connectivity index (χ1) is 20.9. The van der Waals surface area contributed by atoms with Crippen LogP contribution < -0.4 is 10.3 Å². The molecule has 1 amide bonds. The maximum absolute atomic E-state index is 12.2. The summed E-state index contributed by atoms with van der Waals surface area (Å²) >= 11 is 1.58. The van der Waals surface area contributed by atoms with E-state index in [1.807, 2.05) is 47.4 Å². The molecule has 3 aromatic heterocycles. The highest BCUT2D eigenvalue weighted by Crippen LogP contribution is 2.33. The number of carbonyl (C=O) groups is 1. The highest BCUT2D eigenvalue weighted by atomic mass is 32.1. The van der Waals surface area contributed by atoms with Gasteiger partial charge in [-0.1, -0.05) is 36.4 Å². The largest absolute Gasteiger partial charge is 0.457 e. The van der Waals surface area contributed by atoms with E-state index in [9.17, 15) is 9.59 Å². The summed E-state index contributed by atoms with van der Waals surface area (Å²) < 4.78 is 12.9.